The van der Waals surface area contributed by atoms with Crippen LogP contribution in [0, 0.1) is 6.92 Å². The zero-order valence-electron chi connectivity index (χ0n) is 7.86. The molecule has 1 nitrogen and oxygen atoms in total. The minimum Gasteiger partial charge on any atom is -0.385 e. The van der Waals surface area contributed by atoms with Crippen LogP contribution in [0.25, 0.3) is 0 Å². The molecule has 1 N–H and O–H groups in total. The fourth-order valence-corrected chi connectivity index (χ4v) is 1.10. The van der Waals surface area contributed by atoms with Gasteiger partial charge >= 0.3 is 6.18 Å². The summed E-state index contributed by atoms with van der Waals surface area (Å²) in [7, 11) is 0. The maximum atomic E-state index is 11.8. The maximum Gasteiger partial charge on any atom is 0.390 e. The summed E-state index contributed by atoms with van der Waals surface area (Å²) in [6.07, 6.45) is -4.89. The molecule has 0 fully saturated rings. The van der Waals surface area contributed by atoms with Gasteiger partial charge in [-0.2, -0.15) is 13.2 Å². The van der Waals surface area contributed by atoms with E-state index in [0.29, 0.717) is 0 Å². The average molecular weight is 203 g/mol. The molecule has 1 rings (SSSR count). The van der Waals surface area contributed by atoms with E-state index in [1.54, 1.807) is 6.07 Å². The SMILES string of the molecule is Cc1cccc(NCCC(F)(F)F)c1. The molecule has 0 unspecified atom stereocenters. The average Bonchev–Trinajstić information content (AvgIpc) is 2.01. The quantitative estimate of drug-likeness (QED) is 0.794. The summed E-state index contributed by atoms with van der Waals surface area (Å²) in [6.45, 7) is 1.82. The van der Waals surface area contributed by atoms with E-state index >= 15 is 0 Å². The molecule has 0 aliphatic heterocycles. The molecule has 0 saturated carbocycles. The van der Waals surface area contributed by atoms with Crippen LogP contribution < -0.4 is 5.32 Å². The Morgan fingerprint density at radius 1 is 1.29 bits per heavy atom. The number of nitrogens with one attached hydrogen (secondary N) is 1. The van der Waals surface area contributed by atoms with E-state index in [9.17, 15) is 13.2 Å². The number of hydrogen-bond acceptors (Lipinski definition) is 1. The number of anilines is 1. The van der Waals surface area contributed by atoms with E-state index in [1.165, 1.54) is 0 Å². The number of rotatable bonds is 3. The Hall–Kier alpha value is -1.19. The lowest BCUT2D eigenvalue weighted by atomic mass is 10.2. The summed E-state index contributed by atoms with van der Waals surface area (Å²) in [4.78, 5) is 0. The fourth-order valence-electron chi connectivity index (χ4n) is 1.10. The van der Waals surface area contributed by atoms with Crippen molar-refractivity contribution >= 4 is 5.69 Å². The summed E-state index contributed by atoms with van der Waals surface area (Å²) >= 11 is 0. The molecule has 78 valence electrons. The topological polar surface area (TPSA) is 12.0 Å². The van der Waals surface area contributed by atoms with Crippen LogP contribution in [0.3, 0.4) is 0 Å². The van der Waals surface area contributed by atoms with Gasteiger partial charge in [0.05, 0.1) is 6.42 Å². The van der Waals surface area contributed by atoms with Gasteiger partial charge in [0, 0.05) is 12.2 Å². The Kier molecular flexibility index (Phi) is 3.38. The number of halogens is 3. The first-order valence-electron chi connectivity index (χ1n) is 4.35. The van der Waals surface area contributed by atoms with Crippen LogP contribution in [-0.4, -0.2) is 12.7 Å². The van der Waals surface area contributed by atoms with E-state index in [4.69, 9.17) is 0 Å². The highest BCUT2D eigenvalue weighted by Gasteiger charge is 2.25. The van der Waals surface area contributed by atoms with Crippen molar-refractivity contribution in [1.82, 2.24) is 0 Å². The second-order valence-electron chi connectivity index (χ2n) is 3.16. The smallest absolute Gasteiger partial charge is 0.385 e. The van der Waals surface area contributed by atoms with Gasteiger partial charge in [-0.15, -0.1) is 0 Å². The number of aryl methyl sites for hydroxylation is 1. The van der Waals surface area contributed by atoms with Crippen molar-refractivity contribution in [3.8, 4) is 0 Å². The summed E-state index contributed by atoms with van der Waals surface area (Å²) < 4.78 is 35.4. The Morgan fingerprint density at radius 2 is 2.00 bits per heavy atom. The molecule has 0 heterocycles. The molecular weight excluding hydrogens is 191 g/mol. The van der Waals surface area contributed by atoms with Crippen molar-refractivity contribution in [1.29, 1.82) is 0 Å². The predicted molar refractivity (Wildman–Crippen MR) is 50.3 cm³/mol. The molecule has 0 atom stereocenters. The molecule has 0 radical (unpaired) electrons. The molecule has 14 heavy (non-hydrogen) atoms. The molecule has 1 aromatic rings. The standard InChI is InChI=1S/C10H12F3N/c1-8-3-2-4-9(7-8)14-6-5-10(11,12)13/h2-4,7,14H,5-6H2,1H3. The van der Waals surface area contributed by atoms with Gasteiger partial charge in [-0.25, -0.2) is 0 Å². The monoisotopic (exact) mass is 203 g/mol. The van der Waals surface area contributed by atoms with E-state index in [-0.39, 0.29) is 6.54 Å². The fraction of sp³-hybridized carbons (Fsp3) is 0.400. The van der Waals surface area contributed by atoms with Crippen molar-refractivity contribution in [2.45, 2.75) is 19.5 Å². The van der Waals surface area contributed by atoms with Crippen molar-refractivity contribution in [3.05, 3.63) is 29.8 Å². The first-order chi connectivity index (χ1) is 6.47. The van der Waals surface area contributed by atoms with E-state index in [0.717, 1.165) is 11.3 Å². The van der Waals surface area contributed by atoms with Crippen LogP contribution >= 0.6 is 0 Å². The van der Waals surface area contributed by atoms with Gasteiger partial charge in [0.15, 0.2) is 0 Å². The Balaban J connectivity index is 2.39. The van der Waals surface area contributed by atoms with E-state index in [1.807, 2.05) is 25.1 Å². The van der Waals surface area contributed by atoms with Gasteiger partial charge in [0.25, 0.3) is 0 Å². The summed E-state index contributed by atoms with van der Waals surface area (Å²) in [6, 6.07) is 7.28. The highest BCUT2D eigenvalue weighted by molar-refractivity contribution is 5.45. The molecular formula is C10H12F3N. The minimum atomic E-state index is -4.09. The van der Waals surface area contributed by atoms with Gasteiger partial charge in [-0.1, -0.05) is 12.1 Å². The summed E-state index contributed by atoms with van der Waals surface area (Å²) in [5.41, 5.74) is 1.76. The van der Waals surface area contributed by atoms with Crippen molar-refractivity contribution < 1.29 is 13.2 Å². The van der Waals surface area contributed by atoms with E-state index in [2.05, 4.69) is 5.32 Å². The zero-order chi connectivity index (χ0) is 10.6. The maximum absolute atomic E-state index is 11.8. The minimum absolute atomic E-state index is 0.0764. The molecule has 4 heteroatoms. The third-order valence-electron chi connectivity index (χ3n) is 1.76. The second kappa shape index (κ2) is 4.35. The van der Waals surface area contributed by atoms with Crippen molar-refractivity contribution in [2.75, 3.05) is 11.9 Å². The molecule has 0 aliphatic rings. The molecule has 0 amide bonds. The lowest BCUT2D eigenvalue weighted by Gasteiger charge is -2.09. The molecule has 0 bridgehead atoms. The van der Waals surface area contributed by atoms with E-state index < -0.39 is 12.6 Å². The number of alkyl halides is 3. The van der Waals surface area contributed by atoms with Crippen LogP contribution in [0.15, 0.2) is 24.3 Å². The van der Waals surface area contributed by atoms with Gasteiger partial charge < -0.3 is 5.32 Å². The zero-order valence-corrected chi connectivity index (χ0v) is 7.86. The molecule has 0 saturated heterocycles. The third-order valence-corrected chi connectivity index (χ3v) is 1.76. The van der Waals surface area contributed by atoms with Crippen LogP contribution in [0.4, 0.5) is 18.9 Å². The van der Waals surface area contributed by atoms with Crippen LogP contribution in [0.5, 0.6) is 0 Å². The Labute approximate surface area is 80.9 Å². The lowest BCUT2D eigenvalue weighted by molar-refractivity contribution is -0.131. The number of hydrogen-bond donors (Lipinski definition) is 1. The normalized spacial score (nSPS) is 11.4. The first-order valence-corrected chi connectivity index (χ1v) is 4.35. The Morgan fingerprint density at radius 3 is 2.57 bits per heavy atom. The number of benzene rings is 1. The van der Waals surface area contributed by atoms with Gasteiger partial charge in [0.2, 0.25) is 0 Å². The van der Waals surface area contributed by atoms with Gasteiger partial charge in [-0.3, -0.25) is 0 Å². The molecule has 0 spiro atoms. The summed E-state index contributed by atoms with van der Waals surface area (Å²) in [5, 5.41) is 2.72. The largest absolute Gasteiger partial charge is 0.390 e. The predicted octanol–water partition coefficient (Wildman–Crippen LogP) is 3.36. The highest BCUT2D eigenvalue weighted by atomic mass is 19.4. The Bertz CT molecular complexity index is 294. The first kappa shape index (κ1) is 10.9. The van der Waals surface area contributed by atoms with Gasteiger partial charge in [-0.05, 0) is 24.6 Å². The summed E-state index contributed by atoms with van der Waals surface area (Å²) in [5.74, 6) is 0. The highest BCUT2D eigenvalue weighted by Crippen LogP contribution is 2.19. The van der Waals surface area contributed by atoms with Crippen LogP contribution in [0.2, 0.25) is 0 Å². The molecule has 1 aromatic carbocycles. The molecule has 0 aromatic heterocycles. The van der Waals surface area contributed by atoms with Crippen LogP contribution in [0.1, 0.15) is 12.0 Å². The van der Waals surface area contributed by atoms with Crippen LogP contribution in [-0.2, 0) is 0 Å². The van der Waals surface area contributed by atoms with Gasteiger partial charge in [0.1, 0.15) is 0 Å². The van der Waals surface area contributed by atoms with Crippen molar-refractivity contribution in [2.24, 2.45) is 0 Å². The third kappa shape index (κ3) is 4.16. The molecule has 0 aliphatic carbocycles. The second-order valence-corrected chi connectivity index (χ2v) is 3.16. The lowest BCUT2D eigenvalue weighted by Crippen LogP contribution is -2.14. The van der Waals surface area contributed by atoms with Crippen molar-refractivity contribution in [3.63, 3.8) is 0 Å².